The number of hydrogen-bond donors (Lipinski definition) is 0. The second-order valence-corrected chi connectivity index (χ2v) is 9.09. The lowest BCUT2D eigenvalue weighted by Gasteiger charge is -2.41. The van der Waals surface area contributed by atoms with Gasteiger partial charge in [-0.1, -0.05) is 42.3 Å². The van der Waals surface area contributed by atoms with E-state index in [2.05, 4.69) is 34.1 Å². The average Bonchev–Trinajstić information content (AvgIpc) is 2.77. The third kappa shape index (κ3) is 4.32. The molecule has 1 aliphatic carbocycles. The number of halogens is 1. The molecule has 1 saturated heterocycles. The van der Waals surface area contributed by atoms with E-state index in [4.69, 9.17) is 16.3 Å². The van der Waals surface area contributed by atoms with E-state index in [1.54, 1.807) is 6.20 Å². The quantitative estimate of drug-likeness (QED) is 0.365. The van der Waals surface area contributed by atoms with Gasteiger partial charge in [-0.2, -0.15) is 0 Å². The van der Waals surface area contributed by atoms with Crippen molar-refractivity contribution in [3.63, 3.8) is 0 Å². The average molecular weight is 435 g/mol. The molecule has 160 valence electrons. The fourth-order valence-electron chi connectivity index (χ4n) is 4.81. The van der Waals surface area contributed by atoms with E-state index in [-0.39, 0.29) is 12.1 Å². The predicted molar refractivity (Wildman–Crippen MR) is 125 cm³/mol. The lowest BCUT2D eigenvalue weighted by atomic mass is 9.79. The highest BCUT2D eigenvalue weighted by Gasteiger charge is 2.33. The normalized spacial score (nSPS) is 19.1. The molecule has 5 heteroatoms. The Morgan fingerprint density at radius 2 is 1.74 bits per heavy atom. The molecular weight excluding hydrogens is 408 g/mol. The smallest absolute Gasteiger partial charge is 0.137 e. The van der Waals surface area contributed by atoms with Crippen molar-refractivity contribution in [1.29, 1.82) is 0 Å². The molecule has 2 heterocycles. The van der Waals surface area contributed by atoms with Gasteiger partial charge in [0.2, 0.25) is 0 Å². The van der Waals surface area contributed by atoms with Gasteiger partial charge in [-0.05, 0) is 72.4 Å². The van der Waals surface area contributed by atoms with Crippen molar-refractivity contribution in [2.24, 2.45) is 5.92 Å². The Kier molecular flexibility index (Phi) is 5.93. The Hall–Kier alpha value is -2.43. The van der Waals surface area contributed by atoms with Gasteiger partial charge in [0.05, 0.1) is 6.04 Å². The van der Waals surface area contributed by atoms with Crippen LogP contribution in [0, 0.1) is 5.92 Å². The monoisotopic (exact) mass is 434 g/mol. The Morgan fingerprint density at radius 3 is 2.42 bits per heavy atom. The Balaban J connectivity index is 1.21. The van der Waals surface area contributed by atoms with Gasteiger partial charge < -0.3 is 9.53 Å². The summed E-state index contributed by atoms with van der Waals surface area (Å²) in [6.07, 6.45) is 8.73. The number of aldehydes is 1. The third-order valence-electron chi connectivity index (χ3n) is 6.88. The molecule has 5 rings (SSSR count). The zero-order chi connectivity index (χ0) is 21.2. The van der Waals surface area contributed by atoms with Gasteiger partial charge in [0.25, 0.3) is 0 Å². The molecule has 1 aliphatic heterocycles. The number of benzene rings is 2. The summed E-state index contributed by atoms with van der Waals surface area (Å²) in [5.41, 5.74) is 2.29. The van der Waals surface area contributed by atoms with Crippen LogP contribution in [0.25, 0.3) is 21.9 Å². The maximum absolute atomic E-state index is 11.6. The van der Waals surface area contributed by atoms with Gasteiger partial charge >= 0.3 is 0 Å². The maximum atomic E-state index is 11.6. The number of fused-ring (bicyclic) bond motifs is 1. The standard InChI is InChI=1S/C26H27ClN2O2/c27-26-24-9-6-20(16-21(24)10-13-28-26)18-4-7-22(8-5-18)31-23-11-14-29(15-12-23)25(17-30)19-2-1-3-19/h4-10,13,16-17,19,23,25H,1-3,11-12,14-15H2. The maximum Gasteiger partial charge on any atom is 0.137 e. The zero-order valence-electron chi connectivity index (χ0n) is 17.5. The van der Waals surface area contributed by atoms with Crippen molar-refractivity contribution < 1.29 is 9.53 Å². The van der Waals surface area contributed by atoms with Crippen molar-refractivity contribution in [2.75, 3.05) is 13.1 Å². The van der Waals surface area contributed by atoms with E-state index in [0.29, 0.717) is 11.1 Å². The summed E-state index contributed by atoms with van der Waals surface area (Å²) in [4.78, 5) is 18.1. The fourth-order valence-corrected chi connectivity index (χ4v) is 5.04. The first-order chi connectivity index (χ1) is 15.2. The van der Waals surface area contributed by atoms with E-state index in [1.807, 2.05) is 24.3 Å². The summed E-state index contributed by atoms with van der Waals surface area (Å²) in [7, 11) is 0. The first-order valence-corrected chi connectivity index (χ1v) is 11.6. The van der Waals surface area contributed by atoms with E-state index < -0.39 is 0 Å². The van der Waals surface area contributed by atoms with Crippen LogP contribution >= 0.6 is 11.6 Å². The lowest BCUT2D eigenvalue weighted by Crippen LogP contribution is -2.49. The Morgan fingerprint density at radius 1 is 1.00 bits per heavy atom. The molecule has 0 radical (unpaired) electrons. The number of pyridine rings is 1. The number of aromatic nitrogens is 1. The number of ether oxygens (including phenoxy) is 1. The van der Waals surface area contributed by atoms with Crippen molar-refractivity contribution >= 4 is 28.7 Å². The van der Waals surface area contributed by atoms with Crippen molar-refractivity contribution in [3.05, 3.63) is 59.9 Å². The Labute approximate surface area is 188 Å². The summed E-state index contributed by atoms with van der Waals surface area (Å²) >= 11 is 6.18. The summed E-state index contributed by atoms with van der Waals surface area (Å²) < 4.78 is 6.25. The number of nitrogens with zero attached hydrogens (tertiary/aromatic N) is 2. The van der Waals surface area contributed by atoms with E-state index in [9.17, 15) is 4.79 Å². The van der Waals surface area contributed by atoms with Crippen molar-refractivity contribution in [3.8, 4) is 16.9 Å². The first kappa shape index (κ1) is 20.5. The van der Waals surface area contributed by atoms with Crippen LogP contribution in [-0.4, -0.2) is 41.4 Å². The van der Waals surface area contributed by atoms with Gasteiger partial charge in [-0.3, -0.25) is 4.90 Å². The summed E-state index contributed by atoms with van der Waals surface area (Å²) in [6, 6.07) is 16.6. The molecule has 0 amide bonds. The van der Waals surface area contributed by atoms with Crippen molar-refractivity contribution in [2.45, 2.75) is 44.2 Å². The van der Waals surface area contributed by atoms with Crippen LogP contribution < -0.4 is 4.74 Å². The fraction of sp³-hybridized carbons (Fsp3) is 0.385. The Bertz CT molecular complexity index is 1060. The first-order valence-electron chi connectivity index (χ1n) is 11.2. The van der Waals surface area contributed by atoms with Crippen LogP contribution in [0.15, 0.2) is 54.7 Å². The number of piperidine rings is 1. The second kappa shape index (κ2) is 8.97. The lowest BCUT2D eigenvalue weighted by molar-refractivity contribution is -0.116. The molecular formula is C26H27ClN2O2. The van der Waals surface area contributed by atoms with Gasteiger partial charge in [0, 0.05) is 24.7 Å². The van der Waals surface area contributed by atoms with Crippen LogP contribution in [0.3, 0.4) is 0 Å². The minimum Gasteiger partial charge on any atom is -0.490 e. The molecule has 31 heavy (non-hydrogen) atoms. The van der Waals surface area contributed by atoms with E-state index >= 15 is 0 Å². The number of carbonyl (C=O) groups is 1. The molecule has 2 fully saturated rings. The van der Waals surface area contributed by atoms with E-state index in [1.165, 1.54) is 25.5 Å². The molecule has 2 aliphatic rings. The predicted octanol–water partition coefficient (Wildman–Crippen LogP) is 5.77. The number of rotatable bonds is 6. The molecule has 1 saturated carbocycles. The summed E-state index contributed by atoms with van der Waals surface area (Å²) in [6.45, 7) is 1.88. The van der Waals surface area contributed by atoms with Crippen LogP contribution in [0.2, 0.25) is 5.15 Å². The molecule has 1 aromatic heterocycles. The highest BCUT2D eigenvalue weighted by atomic mass is 35.5. The van der Waals surface area contributed by atoms with Crippen LogP contribution in [0.5, 0.6) is 5.75 Å². The number of likely N-dealkylation sites (tertiary alicyclic amines) is 1. The molecule has 0 spiro atoms. The third-order valence-corrected chi connectivity index (χ3v) is 7.18. The minimum absolute atomic E-state index is 0.113. The van der Waals surface area contributed by atoms with Gasteiger partial charge in [0.15, 0.2) is 0 Å². The van der Waals surface area contributed by atoms with Crippen molar-refractivity contribution in [1.82, 2.24) is 9.88 Å². The van der Waals surface area contributed by atoms with Crippen LogP contribution in [0.1, 0.15) is 32.1 Å². The molecule has 3 aromatic rings. The highest BCUT2D eigenvalue weighted by Crippen LogP contribution is 2.33. The molecule has 2 aromatic carbocycles. The summed E-state index contributed by atoms with van der Waals surface area (Å²) in [5, 5.41) is 2.58. The van der Waals surface area contributed by atoms with Crippen LogP contribution in [0.4, 0.5) is 0 Å². The van der Waals surface area contributed by atoms with Crippen LogP contribution in [-0.2, 0) is 4.79 Å². The van der Waals surface area contributed by atoms with Gasteiger partial charge in [0.1, 0.15) is 23.3 Å². The number of hydrogen-bond acceptors (Lipinski definition) is 4. The molecule has 0 N–H and O–H groups in total. The van der Waals surface area contributed by atoms with Gasteiger partial charge in [-0.15, -0.1) is 0 Å². The number of carbonyl (C=O) groups excluding carboxylic acids is 1. The molecule has 1 unspecified atom stereocenters. The largest absolute Gasteiger partial charge is 0.490 e. The molecule has 0 bridgehead atoms. The minimum atomic E-state index is 0.113. The zero-order valence-corrected chi connectivity index (χ0v) is 18.3. The molecule has 4 nitrogen and oxygen atoms in total. The molecule has 1 atom stereocenters. The van der Waals surface area contributed by atoms with Gasteiger partial charge in [-0.25, -0.2) is 4.98 Å². The SMILES string of the molecule is O=CC(C1CCC1)N1CCC(Oc2ccc(-c3ccc4c(Cl)nccc4c3)cc2)CC1. The van der Waals surface area contributed by atoms with E-state index in [0.717, 1.165) is 53.6 Å². The second-order valence-electron chi connectivity index (χ2n) is 8.73. The highest BCUT2D eigenvalue weighted by molar-refractivity contribution is 6.34. The topological polar surface area (TPSA) is 42.4 Å². The summed E-state index contributed by atoms with van der Waals surface area (Å²) in [5.74, 6) is 1.48.